The lowest BCUT2D eigenvalue weighted by atomic mass is 9.73. The van der Waals surface area contributed by atoms with Crippen molar-refractivity contribution in [3.63, 3.8) is 0 Å². The summed E-state index contributed by atoms with van der Waals surface area (Å²) >= 11 is 1.41. The number of carbonyl (C=O) groups is 1. The number of carbonyl (C=O) groups excluding carboxylic acids is 1. The number of rotatable bonds is 3. The first-order chi connectivity index (χ1) is 12.1. The number of nitrogens with zero attached hydrogens (tertiary/aromatic N) is 1. The van der Waals surface area contributed by atoms with E-state index >= 15 is 0 Å². The molecule has 2 aromatic carbocycles. The Balaban J connectivity index is 1.79. The van der Waals surface area contributed by atoms with Crippen LogP contribution in [-0.2, 0) is 11.2 Å². The standard InChI is InChI=1S/C20H18N2O2S/c1-20(18(24)22-19-21-9-10-25-19)12-14-11-15(23)7-8-16(14)17(20)13-5-3-2-4-6-13/h2-11,17,23H,12H2,1H3,(H,21,22,24). The number of fused-ring (bicyclic) bond motifs is 1. The summed E-state index contributed by atoms with van der Waals surface area (Å²) in [6.07, 6.45) is 2.26. The van der Waals surface area contributed by atoms with Gasteiger partial charge in [0.15, 0.2) is 5.13 Å². The van der Waals surface area contributed by atoms with E-state index in [2.05, 4.69) is 22.4 Å². The van der Waals surface area contributed by atoms with Gasteiger partial charge in [0.2, 0.25) is 5.91 Å². The molecule has 2 atom stereocenters. The molecule has 2 N–H and O–H groups in total. The van der Waals surface area contributed by atoms with Crippen LogP contribution in [0, 0.1) is 5.41 Å². The number of phenols is 1. The van der Waals surface area contributed by atoms with E-state index in [1.54, 1.807) is 18.3 Å². The number of phenolic OH excluding ortho intramolecular Hbond substituents is 1. The molecule has 4 rings (SSSR count). The van der Waals surface area contributed by atoms with Crippen molar-refractivity contribution in [3.05, 3.63) is 76.8 Å². The summed E-state index contributed by atoms with van der Waals surface area (Å²) in [5.41, 5.74) is 2.57. The molecule has 2 unspecified atom stereocenters. The van der Waals surface area contributed by atoms with E-state index in [1.807, 2.05) is 36.6 Å². The zero-order valence-electron chi connectivity index (χ0n) is 13.8. The van der Waals surface area contributed by atoms with Crippen molar-refractivity contribution < 1.29 is 9.90 Å². The average molecular weight is 350 g/mol. The maximum atomic E-state index is 13.2. The molecule has 5 heteroatoms. The van der Waals surface area contributed by atoms with Gasteiger partial charge < -0.3 is 10.4 Å². The molecule has 0 saturated carbocycles. The predicted octanol–water partition coefficient (Wildman–Crippen LogP) is 4.18. The highest BCUT2D eigenvalue weighted by atomic mass is 32.1. The maximum Gasteiger partial charge on any atom is 0.233 e. The largest absolute Gasteiger partial charge is 0.508 e. The van der Waals surface area contributed by atoms with E-state index in [9.17, 15) is 9.90 Å². The fourth-order valence-electron chi connectivity index (χ4n) is 3.80. The third-order valence-corrected chi connectivity index (χ3v) is 5.63. The third kappa shape index (κ3) is 2.70. The van der Waals surface area contributed by atoms with E-state index in [1.165, 1.54) is 11.3 Å². The Morgan fingerprint density at radius 1 is 1.28 bits per heavy atom. The number of hydrogen-bond donors (Lipinski definition) is 2. The molecule has 1 aromatic heterocycles. The Kier molecular flexibility index (Phi) is 3.81. The Morgan fingerprint density at radius 3 is 2.80 bits per heavy atom. The van der Waals surface area contributed by atoms with Crippen LogP contribution < -0.4 is 5.32 Å². The molecule has 0 aliphatic heterocycles. The minimum absolute atomic E-state index is 0.0491. The summed E-state index contributed by atoms with van der Waals surface area (Å²) < 4.78 is 0. The van der Waals surface area contributed by atoms with Crippen molar-refractivity contribution in [3.8, 4) is 5.75 Å². The second-order valence-electron chi connectivity index (χ2n) is 6.61. The highest BCUT2D eigenvalue weighted by molar-refractivity contribution is 7.13. The molecule has 1 aliphatic rings. The molecule has 4 nitrogen and oxygen atoms in total. The summed E-state index contributed by atoms with van der Waals surface area (Å²) in [6, 6.07) is 15.5. The van der Waals surface area contributed by atoms with Crippen LogP contribution in [0.5, 0.6) is 5.75 Å². The molecule has 1 amide bonds. The van der Waals surface area contributed by atoms with Crippen LogP contribution in [0.3, 0.4) is 0 Å². The Hall–Kier alpha value is -2.66. The molecule has 25 heavy (non-hydrogen) atoms. The van der Waals surface area contributed by atoms with Crippen LogP contribution in [0.25, 0.3) is 0 Å². The Morgan fingerprint density at radius 2 is 2.08 bits per heavy atom. The second kappa shape index (κ2) is 6.01. The van der Waals surface area contributed by atoms with Crippen molar-refractivity contribution in [1.82, 2.24) is 4.98 Å². The number of amides is 1. The summed E-state index contributed by atoms with van der Waals surface area (Å²) in [5.74, 6) is 0.117. The van der Waals surface area contributed by atoms with Crippen molar-refractivity contribution in [2.75, 3.05) is 5.32 Å². The molecule has 1 heterocycles. The van der Waals surface area contributed by atoms with E-state index in [4.69, 9.17) is 0 Å². The van der Waals surface area contributed by atoms with E-state index in [0.29, 0.717) is 11.6 Å². The zero-order chi connectivity index (χ0) is 17.4. The monoisotopic (exact) mass is 350 g/mol. The molecular formula is C20H18N2O2S. The fraction of sp³-hybridized carbons (Fsp3) is 0.200. The minimum atomic E-state index is -0.650. The van der Waals surface area contributed by atoms with Gasteiger partial charge in [0.25, 0.3) is 0 Å². The Labute approximate surface area is 150 Å². The van der Waals surface area contributed by atoms with Gasteiger partial charge >= 0.3 is 0 Å². The molecule has 1 aliphatic carbocycles. The van der Waals surface area contributed by atoms with Crippen molar-refractivity contribution in [2.24, 2.45) is 5.41 Å². The number of aromatic nitrogens is 1. The summed E-state index contributed by atoms with van der Waals surface area (Å²) in [7, 11) is 0. The van der Waals surface area contributed by atoms with Gasteiger partial charge in [-0.05, 0) is 42.2 Å². The molecule has 0 saturated heterocycles. The zero-order valence-corrected chi connectivity index (χ0v) is 14.6. The normalized spacial score (nSPS) is 21.7. The highest BCUT2D eigenvalue weighted by Crippen LogP contribution is 2.51. The van der Waals surface area contributed by atoms with Crippen molar-refractivity contribution in [1.29, 1.82) is 0 Å². The lowest BCUT2D eigenvalue weighted by Crippen LogP contribution is -2.37. The second-order valence-corrected chi connectivity index (χ2v) is 7.51. The first-order valence-electron chi connectivity index (χ1n) is 8.15. The summed E-state index contributed by atoms with van der Waals surface area (Å²) in [5, 5.41) is 15.3. The smallest absolute Gasteiger partial charge is 0.233 e. The van der Waals surface area contributed by atoms with Gasteiger partial charge in [-0.15, -0.1) is 11.3 Å². The quantitative estimate of drug-likeness (QED) is 0.745. The SMILES string of the molecule is CC1(C(=O)Nc2nccs2)Cc2cc(O)ccc2C1c1ccccc1. The number of hydrogen-bond acceptors (Lipinski definition) is 4. The van der Waals surface area contributed by atoms with Crippen LogP contribution in [0.4, 0.5) is 5.13 Å². The molecule has 0 fully saturated rings. The van der Waals surface area contributed by atoms with Crippen LogP contribution in [-0.4, -0.2) is 16.0 Å². The Bertz CT molecular complexity index is 909. The molecule has 0 spiro atoms. The van der Waals surface area contributed by atoms with Gasteiger partial charge in [0, 0.05) is 17.5 Å². The molecule has 3 aromatic rings. The summed E-state index contributed by atoms with van der Waals surface area (Å²) in [4.78, 5) is 17.3. The van der Waals surface area contributed by atoms with Gasteiger partial charge in [0.1, 0.15) is 5.75 Å². The van der Waals surface area contributed by atoms with Gasteiger partial charge in [-0.1, -0.05) is 36.4 Å². The molecule has 0 radical (unpaired) electrons. The third-order valence-electron chi connectivity index (χ3n) is 4.94. The number of anilines is 1. The van der Waals surface area contributed by atoms with Gasteiger partial charge in [-0.25, -0.2) is 4.98 Å². The van der Waals surface area contributed by atoms with E-state index < -0.39 is 5.41 Å². The summed E-state index contributed by atoms with van der Waals surface area (Å²) in [6.45, 7) is 1.99. The van der Waals surface area contributed by atoms with Crippen molar-refractivity contribution >= 4 is 22.4 Å². The van der Waals surface area contributed by atoms with Gasteiger partial charge in [-0.3, -0.25) is 4.79 Å². The molecular weight excluding hydrogens is 332 g/mol. The van der Waals surface area contributed by atoms with Gasteiger partial charge in [-0.2, -0.15) is 0 Å². The fourth-order valence-corrected chi connectivity index (χ4v) is 4.32. The highest BCUT2D eigenvalue weighted by Gasteiger charge is 2.48. The number of aromatic hydroxyl groups is 1. The lowest BCUT2D eigenvalue weighted by Gasteiger charge is -2.30. The van der Waals surface area contributed by atoms with Crippen molar-refractivity contribution in [2.45, 2.75) is 19.3 Å². The van der Waals surface area contributed by atoms with Gasteiger partial charge in [0.05, 0.1) is 5.41 Å². The lowest BCUT2D eigenvalue weighted by molar-refractivity contribution is -0.125. The van der Waals surface area contributed by atoms with Crippen LogP contribution >= 0.6 is 11.3 Å². The van der Waals surface area contributed by atoms with Crippen LogP contribution in [0.15, 0.2) is 60.1 Å². The maximum absolute atomic E-state index is 13.2. The first kappa shape index (κ1) is 15.8. The topological polar surface area (TPSA) is 62.2 Å². The van der Waals surface area contributed by atoms with Crippen LogP contribution in [0.1, 0.15) is 29.5 Å². The minimum Gasteiger partial charge on any atom is -0.508 e. The number of nitrogens with one attached hydrogen (secondary N) is 1. The first-order valence-corrected chi connectivity index (χ1v) is 9.03. The van der Waals surface area contributed by atoms with E-state index in [-0.39, 0.29) is 17.6 Å². The predicted molar refractivity (Wildman–Crippen MR) is 98.9 cm³/mol. The number of benzene rings is 2. The van der Waals surface area contributed by atoms with Crippen LogP contribution in [0.2, 0.25) is 0 Å². The average Bonchev–Trinajstić information content (AvgIpc) is 3.21. The number of thiazole rings is 1. The molecule has 0 bridgehead atoms. The van der Waals surface area contributed by atoms with E-state index in [0.717, 1.165) is 16.7 Å². The molecule has 126 valence electrons.